The molecule has 3 N–H and O–H groups in total. The summed E-state index contributed by atoms with van der Waals surface area (Å²) >= 11 is 0. The van der Waals surface area contributed by atoms with Crippen LogP contribution in [0.5, 0.6) is 0 Å². The van der Waals surface area contributed by atoms with Gasteiger partial charge in [-0.1, -0.05) is 6.92 Å². The Hall–Kier alpha value is -1.92. The maximum Gasteiger partial charge on any atom is 0.306 e. The fourth-order valence-corrected chi connectivity index (χ4v) is 2.14. The summed E-state index contributed by atoms with van der Waals surface area (Å²) in [5.41, 5.74) is 0. The molecule has 1 aromatic rings. The van der Waals surface area contributed by atoms with Crippen molar-refractivity contribution >= 4 is 11.9 Å². The first kappa shape index (κ1) is 12.5. The second-order valence-corrected chi connectivity index (χ2v) is 4.48. The summed E-state index contributed by atoms with van der Waals surface area (Å²) in [4.78, 5) is 26.6. The van der Waals surface area contributed by atoms with Crippen molar-refractivity contribution in [1.82, 2.24) is 20.5 Å². The van der Waals surface area contributed by atoms with Gasteiger partial charge in [-0.3, -0.25) is 14.7 Å². The van der Waals surface area contributed by atoms with E-state index in [-0.39, 0.29) is 23.7 Å². The molecule has 2 unspecified atom stereocenters. The van der Waals surface area contributed by atoms with Crippen LogP contribution in [-0.2, 0) is 11.2 Å². The second-order valence-electron chi connectivity index (χ2n) is 4.48. The number of aliphatic carboxylic acids is 1. The van der Waals surface area contributed by atoms with Gasteiger partial charge < -0.3 is 10.4 Å². The third-order valence-corrected chi connectivity index (χ3v) is 3.19. The molecular formula is C11H16N4O3. The Kier molecular flexibility index (Phi) is 3.59. The Bertz CT molecular complexity index is 457. The summed E-state index contributed by atoms with van der Waals surface area (Å²) in [6.45, 7) is 1.91. The number of nitrogens with zero attached hydrogens (tertiary/aromatic N) is 2. The highest BCUT2D eigenvalue weighted by Crippen LogP contribution is 2.25. The number of carboxylic acid groups (broad SMARTS) is 1. The number of aromatic amines is 1. The number of aromatic nitrogens is 3. The van der Waals surface area contributed by atoms with Crippen molar-refractivity contribution < 1.29 is 14.7 Å². The summed E-state index contributed by atoms with van der Waals surface area (Å²) in [6, 6.07) is -0.0952. The van der Waals surface area contributed by atoms with Gasteiger partial charge in [0.05, 0.1) is 5.92 Å². The van der Waals surface area contributed by atoms with Crippen molar-refractivity contribution in [2.24, 2.45) is 5.92 Å². The lowest BCUT2D eigenvalue weighted by Crippen LogP contribution is -2.34. The lowest BCUT2D eigenvalue weighted by Gasteiger charge is -2.10. The van der Waals surface area contributed by atoms with E-state index in [1.54, 1.807) is 0 Å². The molecule has 7 nitrogen and oxygen atoms in total. The van der Waals surface area contributed by atoms with Crippen molar-refractivity contribution in [1.29, 1.82) is 0 Å². The van der Waals surface area contributed by atoms with Crippen molar-refractivity contribution in [2.45, 2.75) is 38.6 Å². The van der Waals surface area contributed by atoms with Crippen LogP contribution < -0.4 is 5.32 Å². The van der Waals surface area contributed by atoms with E-state index in [0.29, 0.717) is 31.5 Å². The minimum Gasteiger partial charge on any atom is -0.481 e. The number of carbonyl (C=O) groups excluding carboxylic acids is 1. The molecule has 7 heteroatoms. The fourth-order valence-electron chi connectivity index (χ4n) is 2.14. The zero-order valence-electron chi connectivity index (χ0n) is 10.1. The minimum absolute atomic E-state index is 0.0952. The van der Waals surface area contributed by atoms with Crippen LogP contribution >= 0.6 is 0 Å². The Morgan fingerprint density at radius 3 is 2.83 bits per heavy atom. The molecule has 1 heterocycles. The van der Waals surface area contributed by atoms with E-state index >= 15 is 0 Å². The van der Waals surface area contributed by atoms with Crippen LogP contribution in [0.2, 0.25) is 0 Å². The van der Waals surface area contributed by atoms with Gasteiger partial charge in [0.25, 0.3) is 5.91 Å². The van der Waals surface area contributed by atoms with Crippen LogP contribution in [-0.4, -0.2) is 38.2 Å². The lowest BCUT2D eigenvalue weighted by atomic mass is 10.1. The number of carboxylic acids is 1. The summed E-state index contributed by atoms with van der Waals surface area (Å²) in [7, 11) is 0. The first-order chi connectivity index (χ1) is 8.60. The third-order valence-electron chi connectivity index (χ3n) is 3.19. The van der Waals surface area contributed by atoms with Gasteiger partial charge in [-0.2, -0.15) is 0 Å². The molecule has 2 atom stereocenters. The van der Waals surface area contributed by atoms with Crippen molar-refractivity contribution in [3.63, 3.8) is 0 Å². The second kappa shape index (κ2) is 5.16. The quantitative estimate of drug-likeness (QED) is 0.716. The number of hydrogen-bond donors (Lipinski definition) is 3. The van der Waals surface area contributed by atoms with Gasteiger partial charge in [-0.25, -0.2) is 4.98 Å². The maximum absolute atomic E-state index is 11.8. The third kappa shape index (κ3) is 2.66. The smallest absolute Gasteiger partial charge is 0.306 e. The Labute approximate surface area is 104 Å². The van der Waals surface area contributed by atoms with Crippen molar-refractivity contribution in [3.8, 4) is 0 Å². The first-order valence-corrected chi connectivity index (χ1v) is 6.05. The first-order valence-electron chi connectivity index (χ1n) is 6.05. The topological polar surface area (TPSA) is 108 Å². The highest BCUT2D eigenvalue weighted by atomic mass is 16.4. The van der Waals surface area contributed by atoms with Crippen LogP contribution in [0, 0.1) is 5.92 Å². The normalized spacial score (nSPS) is 22.9. The molecule has 1 fully saturated rings. The summed E-state index contributed by atoms with van der Waals surface area (Å²) < 4.78 is 0. The molecule has 1 aromatic heterocycles. The van der Waals surface area contributed by atoms with Gasteiger partial charge in [0.15, 0.2) is 0 Å². The largest absolute Gasteiger partial charge is 0.481 e. The SMILES string of the molecule is CCc1nc(C(=O)NC2CCC(C(=O)O)C2)n[nH]1. The van der Waals surface area contributed by atoms with E-state index in [4.69, 9.17) is 5.11 Å². The number of aryl methyl sites for hydroxylation is 1. The average Bonchev–Trinajstić information content (AvgIpc) is 2.96. The summed E-state index contributed by atoms with van der Waals surface area (Å²) in [5, 5.41) is 18.1. The molecule has 1 saturated carbocycles. The Balaban J connectivity index is 1.90. The molecule has 1 aliphatic carbocycles. The molecule has 0 saturated heterocycles. The summed E-state index contributed by atoms with van der Waals surface area (Å²) in [5.74, 6) is -0.714. The van der Waals surface area contributed by atoms with Gasteiger partial charge in [0, 0.05) is 12.5 Å². The van der Waals surface area contributed by atoms with E-state index in [2.05, 4.69) is 20.5 Å². The Morgan fingerprint density at radius 2 is 2.28 bits per heavy atom. The van der Waals surface area contributed by atoms with Crippen molar-refractivity contribution in [3.05, 3.63) is 11.6 Å². The number of amides is 1. The minimum atomic E-state index is -0.794. The molecule has 0 spiro atoms. The molecule has 1 aliphatic rings. The fraction of sp³-hybridized carbons (Fsp3) is 0.636. The maximum atomic E-state index is 11.8. The van der Waals surface area contributed by atoms with Gasteiger partial charge in [-0.05, 0) is 19.3 Å². The van der Waals surface area contributed by atoms with E-state index in [9.17, 15) is 9.59 Å². The van der Waals surface area contributed by atoms with Crippen LogP contribution in [0.3, 0.4) is 0 Å². The van der Waals surface area contributed by atoms with E-state index in [1.807, 2.05) is 6.92 Å². The molecule has 2 rings (SSSR count). The van der Waals surface area contributed by atoms with Crippen LogP contribution in [0.15, 0.2) is 0 Å². The standard InChI is InChI=1S/C11H16N4O3/c1-2-8-13-9(15-14-8)10(16)12-7-4-3-6(5-7)11(17)18/h6-7H,2-5H2,1H3,(H,12,16)(H,17,18)(H,13,14,15). The number of carbonyl (C=O) groups is 2. The van der Waals surface area contributed by atoms with Gasteiger partial charge in [0.1, 0.15) is 5.82 Å². The molecule has 0 radical (unpaired) electrons. The zero-order chi connectivity index (χ0) is 13.1. The number of nitrogens with one attached hydrogen (secondary N) is 2. The molecular weight excluding hydrogens is 236 g/mol. The highest BCUT2D eigenvalue weighted by Gasteiger charge is 2.31. The van der Waals surface area contributed by atoms with Gasteiger partial charge >= 0.3 is 5.97 Å². The number of hydrogen-bond acceptors (Lipinski definition) is 4. The van der Waals surface area contributed by atoms with Crippen LogP contribution in [0.1, 0.15) is 42.6 Å². The average molecular weight is 252 g/mol. The van der Waals surface area contributed by atoms with Gasteiger partial charge in [0.2, 0.25) is 5.82 Å². The zero-order valence-corrected chi connectivity index (χ0v) is 10.1. The molecule has 0 aliphatic heterocycles. The monoisotopic (exact) mass is 252 g/mol. The highest BCUT2D eigenvalue weighted by molar-refractivity contribution is 5.90. The van der Waals surface area contributed by atoms with Crippen molar-refractivity contribution in [2.75, 3.05) is 0 Å². The predicted octanol–water partition coefficient (Wildman–Crippen LogP) is 0.350. The molecule has 18 heavy (non-hydrogen) atoms. The lowest BCUT2D eigenvalue weighted by molar-refractivity contribution is -0.141. The Morgan fingerprint density at radius 1 is 1.50 bits per heavy atom. The number of H-pyrrole nitrogens is 1. The van der Waals surface area contributed by atoms with E-state index < -0.39 is 5.97 Å². The van der Waals surface area contributed by atoms with Crippen LogP contribution in [0.4, 0.5) is 0 Å². The van der Waals surface area contributed by atoms with E-state index in [1.165, 1.54) is 0 Å². The van der Waals surface area contributed by atoms with Crippen LogP contribution in [0.25, 0.3) is 0 Å². The predicted molar refractivity (Wildman–Crippen MR) is 62.0 cm³/mol. The number of rotatable bonds is 4. The molecule has 98 valence electrons. The molecule has 0 aromatic carbocycles. The summed E-state index contributed by atoms with van der Waals surface area (Å²) in [6.07, 6.45) is 2.46. The van der Waals surface area contributed by atoms with E-state index in [0.717, 1.165) is 0 Å². The van der Waals surface area contributed by atoms with Gasteiger partial charge in [-0.15, -0.1) is 5.10 Å². The molecule has 0 bridgehead atoms. The molecule has 1 amide bonds.